The van der Waals surface area contributed by atoms with Crippen molar-refractivity contribution in [2.24, 2.45) is 0 Å². The fourth-order valence-corrected chi connectivity index (χ4v) is 7.09. The van der Waals surface area contributed by atoms with E-state index >= 15 is 0 Å². The van der Waals surface area contributed by atoms with E-state index in [4.69, 9.17) is 13.8 Å². The van der Waals surface area contributed by atoms with E-state index in [-0.39, 0.29) is 54.4 Å². The van der Waals surface area contributed by atoms with Crippen LogP contribution in [-0.4, -0.2) is 59.2 Å². The summed E-state index contributed by atoms with van der Waals surface area (Å²) >= 11 is 0. The van der Waals surface area contributed by atoms with E-state index < -0.39 is 37.0 Å². The van der Waals surface area contributed by atoms with Gasteiger partial charge in [0.1, 0.15) is 17.1 Å². The highest BCUT2D eigenvalue weighted by Gasteiger charge is 2.37. The molecule has 258 valence electrons. The van der Waals surface area contributed by atoms with Gasteiger partial charge in [0.25, 0.3) is 5.91 Å². The molecule has 0 atom stereocenters. The van der Waals surface area contributed by atoms with Gasteiger partial charge in [-0.25, -0.2) is 9.78 Å². The van der Waals surface area contributed by atoms with Crippen molar-refractivity contribution in [2.45, 2.75) is 32.7 Å². The third-order valence-corrected chi connectivity index (χ3v) is 9.65. The van der Waals surface area contributed by atoms with Crippen molar-refractivity contribution in [3.05, 3.63) is 88.6 Å². The Morgan fingerprint density at radius 1 is 1.02 bits per heavy atom. The molecule has 0 radical (unpaired) electrons. The maximum Gasteiger partial charge on any atom is 0.421 e. The SMILES string of the molecule is CCOP(=O)(Cc1ccc(Nc2ncc(C(F)(F)F)c(Nc3ccc(-c4ccc(C(=O)O)cc4)c4c3C(=O)N(C)C4)n2)c(OC)c1)OCC. The van der Waals surface area contributed by atoms with Gasteiger partial charge >= 0.3 is 19.7 Å². The van der Waals surface area contributed by atoms with Gasteiger partial charge in [0.2, 0.25) is 5.95 Å². The molecule has 1 amide bonds. The molecule has 0 fully saturated rings. The summed E-state index contributed by atoms with van der Waals surface area (Å²) in [6.07, 6.45) is -4.24. The maximum absolute atomic E-state index is 14.2. The van der Waals surface area contributed by atoms with E-state index in [1.807, 2.05) is 0 Å². The third kappa shape index (κ3) is 7.69. The van der Waals surface area contributed by atoms with E-state index in [1.54, 1.807) is 57.3 Å². The predicted molar refractivity (Wildman–Crippen MR) is 176 cm³/mol. The fourth-order valence-electron chi connectivity index (χ4n) is 5.40. The molecule has 0 bridgehead atoms. The number of ether oxygens (including phenoxy) is 1. The molecule has 4 aromatic rings. The van der Waals surface area contributed by atoms with Crippen molar-refractivity contribution < 1.29 is 46.2 Å². The number of fused-ring (bicyclic) bond motifs is 1. The second kappa shape index (κ2) is 14.2. The highest BCUT2D eigenvalue weighted by atomic mass is 31.2. The Labute approximate surface area is 279 Å². The van der Waals surface area contributed by atoms with E-state index in [2.05, 4.69) is 20.6 Å². The molecular weight excluding hydrogens is 666 g/mol. The topological polar surface area (TPSA) is 152 Å². The smallest absolute Gasteiger partial charge is 0.421 e. The number of amides is 1. The number of aromatic nitrogens is 2. The van der Waals surface area contributed by atoms with Crippen LogP contribution in [0.4, 0.5) is 36.3 Å². The first-order valence-electron chi connectivity index (χ1n) is 15.0. The molecule has 0 saturated heterocycles. The molecule has 5 rings (SSSR count). The lowest BCUT2D eigenvalue weighted by Gasteiger charge is -2.19. The lowest BCUT2D eigenvalue weighted by atomic mass is 9.95. The highest BCUT2D eigenvalue weighted by Crippen LogP contribution is 2.52. The number of methoxy groups -OCH3 is 1. The number of halogens is 3. The zero-order chi connectivity index (χ0) is 35.5. The number of rotatable bonds is 13. The summed E-state index contributed by atoms with van der Waals surface area (Å²) in [5, 5.41) is 14.9. The third-order valence-electron chi connectivity index (χ3n) is 7.60. The predicted octanol–water partition coefficient (Wildman–Crippen LogP) is 7.71. The lowest BCUT2D eigenvalue weighted by Crippen LogP contribution is -2.18. The van der Waals surface area contributed by atoms with Crippen LogP contribution in [0.5, 0.6) is 5.75 Å². The molecule has 0 saturated carbocycles. The molecule has 1 aliphatic heterocycles. The second-order valence-electron chi connectivity index (χ2n) is 10.9. The molecule has 16 heteroatoms. The molecule has 1 aromatic heterocycles. The summed E-state index contributed by atoms with van der Waals surface area (Å²) in [6, 6.07) is 14.0. The molecule has 1 aliphatic rings. The van der Waals surface area contributed by atoms with Gasteiger partial charge in [-0.15, -0.1) is 0 Å². The number of aromatic carboxylic acids is 1. The van der Waals surface area contributed by atoms with Crippen LogP contribution >= 0.6 is 7.60 Å². The van der Waals surface area contributed by atoms with E-state index in [9.17, 15) is 32.4 Å². The minimum Gasteiger partial charge on any atom is -0.495 e. The number of carbonyl (C=O) groups is 2. The Bertz CT molecular complexity index is 1930. The Balaban J connectivity index is 1.49. The van der Waals surface area contributed by atoms with E-state index in [1.165, 1.54) is 30.2 Å². The number of hydrogen-bond acceptors (Lipinski definition) is 10. The van der Waals surface area contributed by atoms with Crippen molar-refractivity contribution in [3.8, 4) is 16.9 Å². The second-order valence-corrected chi connectivity index (χ2v) is 13.0. The molecule has 49 heavy (non-hydrogen) atoms. The molecule has 2 heterocycles. The largest absolute Gasteiger partial charge is 0.495 e. The first-order chi connectivity index (χ1) is 23.3. The summed E-state index contributed by atoms with van der Waals surface area (Å²) in [6.45, 7) is 3.97. The number of carboxylic acids is 1. The number of benzene rings is 3. The van der Waals surface area contributed by atoms with Crippen molar-refractivity contribution in [2.75, 3.05) is 38.0 Å². The van der Waals surface area contributed by atoms with E-state index in [0.717, 1.165) is 0 Å². The number of hydrogen-bond donors (Lipinski definition) is 3. The standard InChI is InChI=1S/C33H33F3N5O7P/c1-5-47-49(45,48-6-2)18-19-7-13-25(27(15-19)46-4)39-32-37-16-24(33(34,35)36)29(40-32)38-26-14-12-22(23-17-41(3)30(42)28(23)26)20-8-10-21(11-9-20)31(43)44/h7-16H,5-6,17-18H2,1-4H3,(H,43,44)(H2,37,38,39,40). The fraction of sp³-hybridized carbons (Fsp3) is 0.273. The molecule has 0 unspecified atom stereocenters. The quantitative estimate of drug-likeness (QED) is 0.118. The van der Waals surface area contributed by atoms with Crippen LogP contribution in [-0.2, 0) is 32.5 Å². The Hall–Kier alpha value is -4.98. The lowest BCUT2D eigenvalue weighted by molar-refractivity contribution is -0.137. The molecule has 3 N–H and O–H groups in total. The maximum atomic E-state index is 14.2. The number of alkyl halides is 3. The van der Waals surface area contributed by atoms with Gasteiger partial charge < -0.3 is 34.4 Å². The summed E-state index contributed by atoms with van der Waals surface area (Å²) in [7, 11) is -0.450. The summed E-state index contributed by atoms with van der Waals surface area (Å²) in [5.41, 5.74) is 1.90. The molecule has 0 aliphatic carbocycles. The van der Waals surface area contributed by atoms with Gasteiger partial charge in [0, 0.05) is 19.8 Å². The molecular formula is C33H33F3N5O7P. The monoisotopic (exact) mass is 699 g/mol. The summed E-state index contributed by atoms with van der Waals surface area (Å²) in [4.78, 5) is 34.0. The van der Waals surface area contributed by atoms with Crippen LogP contribution < -0.4 is 15.4 Å². The van der Waals surface area contributed by atoms with Crippen LogP contribution in [0.1, 0.15) is 51.3 Å². The molecule has 0 spiro atoms. The van der Waals surface area contributed by atoms with Crippen molar-refractivity contribution >= 4 is 42.6 Å². The van der Waals surface area contributed by atoms with Crippen LogP contribution in [0.3, 0.4) is 0 Å². The van der Waals surface area contributed by atoms with Crippen LogP contribution in [0, 0.1) is 0 Å². The zero-order valence-corrected chi connectivity index (χ0v) is 27.8. The normalized spacial score (nSPS) is 13.0. The summed E-state index contributed by atoms with van der Waals surface area (Å²) < 4.78 is 71.8. The van der Waals surface area contributed by atoms with Gasteiger partial charge in [0.05, 0.1) is 49.0 Å². The van der Waals surface area contributed by atoms with Crippen LogP contribution in [0.25, 0.3) is 11.1 Å². The molecule has 3 aromatic carbocycles. The van der Waals surface area contributed by atoms with Crippen molar-refractivity contribution in [1.29, 1.82) is 0 Å². The number of carbonyl (C=O) groups excluding carboxylic acids is 1. The number of anilines is 4. The van der Waals surface area contributed by atoms with Crippen molar-refractivity contribution in [3.63, 3.8) is 0 Å². The first kappa shape index (κ1) is 35.3. The minimum absolute atomic E-state index is 0.0270. The van der Waals surface area contributed by atoms with Crippen LogP contribution in [0.2, 0.25) is 0 Å². The number of nitrogens with zero attached hydrogens (tertiary/aromatic N) is 3. The van der Waals surface area contributed by atoms with E-state index in [0.29, 0.717) is 34.1 Å². The van der Waals surface area contributed by atoms with Crippen molar-refractivity contribution in [1.82, 2.24) is 14.9 Å². The Kier molecular flexibility index (Phi) is 10.3. The first-order valence-corrected chi connectivity index (χ1v) is 16.8. The average molecular weight is 700 g/mol. The summed E-state index contributed by atoms with van der Waals surface area (Å²) in [5.74, 6) is -2.03. The average Bonchev–Trinajstić information content (AvgIpc) is 3.35. The highest BCUT2D eigenvalue weighted by molar-refractivity contribution is 7.53. The van der Waals surface area contributed by atoms with Gasteiger partial charge in [-0.1, -0.05) is 24.3 Å². The Morgan fingerprint density at radius 3 is 2.31 bits per heavy atom. The minimum atomic E-state index is -4.84. The number of carboxylic acid groups (broad SMARTS) is 1. The molecule has 12 nitrogen and oxygen atoms in total. The van der Waals surface area contributed by atoms with Crippen LogP contribution in [0.15, 0.2) is 60.8 Å². The number of nitrogens with one attached hydrogen (secondary N) is 2. The van der Waals surface area contributed by atoms with Gasteiger partial charge in [-0.3, -0.25) is 9.36 Å². The van der Waals surface area contributed by atoms with Gasteiger partial charge in [0.15, 0.2) is 0 Å². The van der Waals surface area contributed by atoms with Gasteiger partial charge in [-0.2, -0.15) is 18.2 Å². The van der Waals surface area contributed by atoms with Gasteiger partial charge in [-0.05, 0) is 66.4 Å². The zero-order valence-electron chi connectivity index (χ0n) is 26.9. The Morgan fingerprint density at radius 2 is 1.69 bits per heavy atom.